The number of aliphatic hydroxyl groups is 2. The van der Waals surface area contributed by atoms with Crippen LogP contribution in [0.4, 0.5) is 5.82 Å². The van der Waals surface area contributed by atoms with Crippen molar-refractivity contribution in [2.75, 3.05) is 25.6 Å². The zero-order valence-electron chi connectivity index (χ0n) is 43.1. The van der Waals surface area contributed by atoms with Gasteiger partial charge >= 0.3 is 33.3 Å². The first-order valence-corrected chi connectivity index (χ1v) is 28.5. The van der Waals surface area contributed by atoms with Crippen molar-refractivity contribution in [2.24, 2.45) is 0 Å². The number of esters is 2. The van der Waals surface area contributed by atoms with E-state index in [0.29, 0.717) is 25.7 Å². The molecule has 412 valence electrons. The minimum atomic E-state index is -5.46. The van der Waals surface area contributed by atoms with Crippen LogP contribution in [0.25, 0.3) is 0 Å². The standard InChI is InChI=1S/C54H81N3O15P2/c1-3-5-7-9-11-13-15-17-19-21-22-24-26-28-30-32-34-36-38-40-50(59)70-46(43-67-49(58)39-37-35-33-31-29-27-25-23-20-18-16-14-12-10-8-6-4-2)44-68-73(63,64)72-74(65,66)69-45-47-51(60)52(61)53(71-47)57-42-41-48(55)56-54(57)62/h5,7,11-14,17-20,22,24-25,27-28,30-31,33-34,36,41-42,46-47,51-53,60-61H,3-4,6,8-10,15-16,21,23,26,29,32,35,37-40,43-45H2,1-2H3,(H,63,64)(H,65,66)(H2,55,56,62)/b7-5-,13-11-,14-12-,19-17-,20-18-,24-22-,27-25-,30-28-,33-31-,36-34-/t46-,47-,51+,52?,53-/m1/s1. The van der Waals surface area contributed by atoms with E-state index in [9.17, 15) is 43.5 Å². The molecule has 6 N–H and O–H groups in total. The summed E-state index contributed by atoms with van der Waals surface area (Å²) in [5.41, 5.74) is 4.58. The van der Waals surface area contributed by atoms with E-state index in [0.717, 1.165) is 68.6 Å². The maximum atomic E-state index is 12.9. The van der Waals surface area contributed by atoms with Gasteiger partial charge in [0.2, 0.25) is 0 Å². The SMILES string of the molecule is CC/C=C\C/C=C\C/C=C\C/C=C\C/C=C\C/C=C\CCC(=O)O[C@H](COC(=O)CCC/C=C\C/C=C\C/C=C\C/C=C\CCCCC)COP(=O)(O)OP(=O)(O)OC[C@H]1O[C@@H](n2ccc(N)nc2=O)C(O)[C@H]1O. The quantitative estimate of drug-likeness (QED) is 0.0177. The molecule has 1 fully saturated rings. The Balaban J connectivity index is 1.87. The number of hydrogen-bond acceptors (Lipinski definition) is 15. The zero-order valence-corrected chi connectivity index (χ0v) is 44.9. The fraction of sp³-hybridized carbons (Fsp3) is 0.519. The minimum Gasteiger partial charge on any atom is -0.462 e. The molecule has 0 aromatic carbocycles. The number of nitrogens with two attached hydrogens (primary N) is 1. The summed E-state index contributed by atoms with van der Waals surface area (Å²) in [7, 11) is -10.9. The lowest BCUT2D eigenvalue weighted by Gasteiger charge is -2.21. The van der Waals surface area contributed by atoms with Crippen LogP contribution in [0.3, 0.4) is 0 Å². The van der Waals surface area contributed by atoms with E-state index in [-0.39, 0.29) is 18.7 Å². The fourth-order valence-electron chi connectivity index (χ4n) is 6.62. The Bertz CT molecular complexity index is 2210. The molecule has 0 bridgehead atoms. The Hall–Kier alpha value is -4.84. The number of phosphoric acid groups is 2. The number of hydrogen-bond donors (Lipinski definition) is 5. The summed E-state index contributed by atoms with van der Waals surface area (Å²) in [4.78, 5) is 61.9. The number of unbranched alkanes of at least 4 members (excludes halogenated alkanes) is 4. The molecule has 1 aliphatic heterocycles. The van der Waals surface area contributed by atoms with Gasteiger partial charge in [0.05, 0.1) is 13.2 Å². The number of nitrogens with zero attached hydrogens (tertiary/aromatic N) is 2. The summed E-state index contributed by atoms with van der Waals surface area (Å²) in [6.07, 6.45) is 48.7. The average Bonchev–Trinajstić information content (AvgIpc) is 3.64. The fourth-order valence-corrected chi connectivity index (χ4v) is 8.73. The van der Waals surface area contributed by atoms with Gasteiger partial charge in [-0.25, -0.2) is 13.9 Å². The molecular formula is C54H81N3O15P2. The van der Waals surface area contributed by atoms with Crippen LogP contribution in [0, 0.1) is 0 Å². The van der Waals surface area contributed by atoms with Crippen molar-refractivity contribution in [1.29, 1.82) is 0 Å². The third-order valence-corrected chi connectivity index (χ3v) is 13.1. The topological polar surface area (TPSA) is 265 Å². The Labute approximate surface area is 437 Å². The number of carbonyl (C=O) groups excluding carboxylic acids is 2. The first-order chi connectivity index (χ1) is 35.7. The highest BCUT2D eigenvalue weighted by atomic mass is 31.3. The molecule has 1 aromatic heterocycles. The number of anilines is 1. The van der Waals surface area contributed by atoms with E-state index in [1.165, 1.54) is 25.3 Å². The molecular weight excluding hydrogens is 993 g/mol. The second kappa shape index (κ2) is 40.5. The van der Waals surface area contributed by atoms with E-state index in [4.69, 9.17) is 29.0 Å². The normalized spacial score (nSPS) is 19.9. The smallest absolute Gasteiger partial charge is 0.462 e. The molecule has 1 aromatic rings. The van der Waals surface area contributed by atoms with Gasteiger partial charge in [-0.15, -0.1) is 0 Å². The number of phosphoric ester groups is 2. The van der Waals surface area contributed by atoms with E-state index >= 15 is 0 Å². The molecule has 2 heterocycles. The monoisotopic (exact) mass is 1070 g/mol. The summed E-state index contributed by atoms with van der Waals surface area (Å²) in [6, 6.07) is 1.24. The first kappa shape index (κ1) is 65.3. The highest BCUT2D eigenvalue weighted by molar-refractivity contribution is 7.61. The predicted octanol–water partition coefficient (Wildman–Crippen LogP) is 10.8. The van der Waals surface area contributed by atoms with E-state index in [1.54, 1.807) is 6.08 Å². The number of ether oxygens (including phenoxy) is 3. The van der Waals surface area contributed by atoms with E-state index in [1.807, 2.05) is 30.4 Å². The van der Waals surface area contributed by atoms with Gasteiger partial charge in [-0.1, -0.05) is 148 Å². The third-order valence-electron chi connectivity index (χ3n) is 10.5. The lowest BCUT2D eigenvalue weighted by Crippen LogP contribution is -2.36. The largest absolute Gasteiger partial charge is 0.481 e. The molecule has 7 atom stereocenters. The van der Waals surface area contributed by atoms with Crippen molar-refractivity contribution >= 4 is 33.4 Å². The maximum absolute atomic E-state index is 12.9. The Morgan fingerprint density at radius 1 is 0.662 bits per heavy atom. The molecule has 1 aliphatic rings. The van der Waals surface area contributed by atoms with Gasteiger partial charge in [-0.2, -0.15) is 9.29 Å². The number of nitrogen functional groups attached to an aromatic ring is 1. The van der Waals surface area contributed by atoms with Crippen molar-refractivity contribution < 1.29 is 66.3 Å². The van der Waals surface area contributed by atoms with Gasteiger partial charge in [-0.3, -0.25) is 23.2 Å². The highest BCUT2D eigenvalue weighted by Crippen LogP contribution is 2.60. The molecule has 0 saturated carbocycles. The van der Waals surface area contributed by atoms with Gasteiger partial charge < -0.3 is 39.9 Å². The van der Waals surface area contributed by atoms with Crippen LogP contribution in [0.15, 0.2) is 139 Å². The van der Waals surface area contributed by atoms with Crippen molar-refractivity contribution in [2.45, 2.75) is 160 Å². The molecule has 0 spiro atoms. The van der Waals surface area contributed by atoms with Crippen LogP contribution in [0.1, 0.15) is 136 Å². The van der Waals surface area contributed by atoms with Crippen LogP contribution < -0.4 is 11.4 Å². The minimum absolute atomic E-state index is 0.0274. The van der Waals surface area contributed by atoms with Gasteiger partial charge in [0, 0.05) is 19.0 Å². The third kappa shape index (κ3) is 32.5. The Kier molecular flexibility index (Phi) is 35.7. The molecule has 0 amide bonds. The first-order valence-electron chi connectivity index (χ1n) is 25.5. The molecule has 0 radical (unpaired) electrons. The number of aliphatic hydroxyl groups excluding tert-OH is 2. The lowest BCUT2D eigenvalue weighted by atomic mass is 10.1. The van der Waals surface area contributed by atoms with Crippen molar-refractivity contribution in [1.82, 2.24) is 9.55 Å². The summed E-state index contributed by atoms with van der Waals surface area (Å²) in [6.45, 7) is 1.87. The van der Waals surface area contributed by atoms with Gasteiger partial charge in [0.25, 0.3) is 0 Å². The van der Waals surface area contributed by atoms with Crippen LogP contribution in [0.2, 0.25) is 0 Å². The Morgan fingerprint density at radius 3 is 1.66 bits per heavy atom. The molecule has 1 saturated heterocycles. The zero-order chi connectivity index (χ0) is 54.1. The molecule has 0 aliphatic carbocycles. The molecule has 18 nitrogen and oxygen atoms in total. The van der Waals surface area contributed by atoms with Gasteiger partial charge in [0.15, 0.2) is 12.3 Å². The van der Waals surface area contributed by atoms with Crippen molar-refractivity contribution in [3.05, 3.63) is 144 Å². The average molecular weight is 1070 g/mol. The second-order valence-corrected chi connectivity index (χ2v) is 20.0. The van der Waals surface area contributed by atoms with Crippen molar-refractivity contribution in [3.8, 4) is 0 Å². The number of allylic oxidation sites excluding steroid dienone is 20. The summed E-state index contributed by atoms with van der Waals surface area (Å²) < 4.78 is 56.6. The molecule has 20 heteroatoms. The Morgan fingerprint density at radius 2 is 1.15 bits per heavy atom. The van der Waals surface area contributed by atoms with E-state index in [2.05, 4.69) is 108 Å². The molecule has 3 unspecified atom stereocenters. The van der Waals surface area contributed by atoms with Crippen molar-refractivity contribution in [3.63, 3.8) is 0 Å². The van der Waals surface area contributed by atoms with E-state index < -0.39 is 83.7 Å². The highest BCUT2D eigenvalue weighted by Gasteiger charge is 2.46. The second-order valence-electron chi connectivity index (χ2n) is 16.9. The van der Waals surface area contributed by atoms with Gasteiger partial charge in [0.1, 0.15) is 30.7 Å². The summed E-state index contributed by atoms with van der Waals surface area (Å²) in [5.74, 6) is -1.48. The van der Waals surface area contributed by atoms with Crippen LogP contribution in [-0.4, -0.2) is 85.7 Å². The van der Waals surface area contributed by atoms with Crippen LogP contribution >= 0.6 is 15.6 Å². The number of rotatable bonds is 40. The maximum Gasteiger partial charge on any atom is 0.481 e. The van der Waals surface area contributed by atoms with Gasteiger partial charge in [-0.05, 0) is 96.0 Å². The van der Waals surface area contributed by atoms with Crippen LogP contribution in [-0.2, 0) is 46.3 Å². The predicted molar refractivity (Wildman–Crippen MR) is 288 cm³/mol. The number of aromatic nitrogens is 2. The number of carbonyl (C=O) groups is 2. The van der Waals surface area contributed by atoms with Crippen LogP contribution in [0.5, 0.6) is 0 Å². The molecule has 2 rings (SSSR count). The lowest BCUT2D eigenvalue weighted by molar-refractivity contribution is -0.161. The summed E-state index contributed by atoms with van der Waals surface area (Å²) in [5, 5.41) is 20.9. The molecule has 74 heavy (non-hydrogen) atoms. The summed E-state index contributed by atoms with van der Waals surface area (Å²) >= 11 is 0.